The van der Waals surface area contributed by atoms with Crippen molar-refractivity contribution in [3.8, 4) is 5.75 Å². The summed E-state index contributed by atoms with van der Waals surface area (Å²) in [5, 5.41) is 2.88. The zero-order valence-corrected chi connectivity index (χ0v) is 14.5. The van der Waals surface area contributed by atoms with E-state index >= 15 is 0 Å². The molecule has 0 radical (unpaired) electrons. The van der Waals surface area contributed by atoms with Gasteiger partial charge in [0.1, 0.15) is 5.75 Å². The molecule has 0 aliphatic carbocycles. The van der Waals surface area contributed by atoms with Crippen molar-refractivity contribution in [1.82, 2.24) is 0 Å². The summed E-state index contributed by atoms with van der Waals surface area (Å²) in [6.07, 6.45) is 1.08. The molecule has 5 heteroatoms. The van der Waals surface area contributed by atoms with E-state index < -0.39 is 0 Å². The van der Waals surface area contributed by atoms with Crippen molar-refractivity contribution in [2.24, 2.45) is 5.92 Å². The Morgan fingerprint density at radius 3 is 2.80 bits per heavy atom. The van der Waals surface area contributed by atoms with E-state index in [9.17, 15) is 9.59 Å². The van der Waals surface area contributed by atoms with Crippen molar-refractivity contribution < 1.29 is 14.3 Å². The number of hydrogen-bond donors (Lipinski definition) is 1. The molecule has 2 aromatic carbocycles. The lowest BCUT2D eigenvalue weighted by molar-refractivity contribution is -0.122. The first-order valence-electron chi connectivity index (χ1n) is 8.45. The van der Waals surface area contributed by atoms with Gasteiger partial charge in [0.25, 0.3) is 0 Å². The number of carbonyl (C=O) groups is 2. The van der Waals surface area contributed by atoms with Crippen LogP contribution in [0, 0.1) is 5.92 Å². The van der Waals surface area contributed by atoms with Gasteiger partial charge in [0.2, 0.25) is 11.8 Å². The van der Waals surface area contributed by atoms with Crippen LogP contribution >= 0.6 is 0 Å². The third kappa shape index (κ3) is 3.65. The van der Waals surface area contributed by atoms with Crippen LogP contribution in [-0.2, 0) is 16.0 Å². The van der Waals surface area contributed by atoms with E-state index in [1.807, 2.05) is 36.4 Å². The second-order valence-electron chi connectivity index (χ2n) is 6.11. The number of para-hydroxylation sites is 1. The average molecular weight is 338 g/mol. The molecule has 1 aliphatic rings. The maximum atomic E-state index is 12.6. The zero-order valence-electron chi connectivity index (χ0n) is 14.5. The van der Waals surface area contributed by atoms with Gasteiger partial charge in [-0.05, 0) is 30.2 Å². The van der Waals surface area contributed by atoms with Crippen molar-refractivity contribution >= 4 is 23.2 Å². The van der Waals surface area contributed by atoms with E-state index in [4.69, 9.17) is 4.74 Å². The monoisotopic (exact) mass is 338 g/mol. The summed E-state index contributed by atoms with van der Waals surface area (Å²) in [6.45, 7) is 2.47. The molecule has 130 valence electrons. The van der Waals surface area contributed by atoms with Gasteiger partial charge in [-0.3, -0.25) is 9.59 Å². The lowest BCUT2D eigenvalue weighted by Crippen LogP contribution is -2.28. The highest BCUT2D eigenvalue weighted by Crippen LogP contribution is 2.29. The van der Waals surface area contributed by atoms with Gasteiger partial charge in [0, 0.05) is 30.4 Å². The molecule has 2 aromatic rings. The van der Waals surface area contributed by atoms with Crippen molar-refractivity contribution in [3.63, 3.8) is 0 Å². The molecule has 0 bridgehead atoms. The molecule has 3 rings (SSSR count). The number of rotatable bonds is 5. The normalized spacial score (nSPS) is 16.8. The molecule has 25 heavy (non-hydrogen) atoms. The van der Waals surface area contributed by atoms with E-state index in [1.54, 1.807) is 24.1 Å². The van der Waals surface area contributed by atoms with Crippen molar-refractivity contribution in [1.29, 1.82) is 0 Å². The minimum Gasteiger partial charge on any atom is -0.497 e. The topological polar surface area (TPSA) is 58.6 Å². The largest absolute Gasteiger partial charge is 0.497 e. The molecule has 1 N–H and O–H groups in total. The minimum absolute atomic E-state index is 0.00769. The molecular weight excluding hydrogens is 316 g/mol. The quantitative estimate of drug-likeness (QED) is 0.910. The predicted octanol–water partition coefficient (Wildman–Crippen LogP) is 3.25. The lowest BCUT2D eigenvalue weighted by atomic mass is 10.1. The molecule has 1 aliphatic heterocycles. The number of hydrogen-bond acceptors (Lipinski definition) is 3. The molecule has 0 unspecified atom stereocenters. The Balaban J connectivity index is 1.72. The van der Waals surface area contributed by atoms with Crippen molar-refractivity contribution in [2.45, 2.75) is 19.8 Å². The molecule has 2 amide bonds. The van der Waals surface area contributed by atoms with Crippen LogP contribution in [0.4, 0.5) is 11.4 Å². The highest BCUT2D eigenvalue weighted by molar-refractivity contribution is 6.03. The Labute approximate surface area is 147 Å². The molecule has 1 saturated heterocycles. The maximum Gasteiger partial charge on any atom is 0.229 e. The van der Waals surface area contributed by atoms with Crippen LogP contribution in [0.1, 0.15) is 18.9 Å². The van der Waals surface area contributed by atoms with Gasteiger partial charge >= 0.3 is 0 Å². The van der Waals surface area contributed by atoms with Crippen LogP contribution in [0.3, 0.4) is 0 Å². The standard InChI is InChI=1S/C20H22N2O3/c1-3-14-7-4-5-10-18(14)22-13-15(11-19(22)23)20(24)21-16-8-6-9-17(12-16)25-2/h4-10,12,15H,3,11,13H2,1-2H3,(H,21,24)/t15-/m0/s1. The van der Waals surface area contributed by atoms with Gasteiger partial charge in [-0.2, -0.15) is 0 Å². The first-order chi connectivity index (χ1) is 12.1. The van der Waals surface area contributed by atoms with Crippen molar-refractivity contribution in [3.05, 3.63) is 54.1 Å². The lowest BCUT2D eigenvalue weighted by Gasteiger charge is -2.20. The van der Waals surface area contributed by atoms with Gasteiger partial charge in [-0.1, -0.05) is 31.2 Å². The van der Waals surface area contributed by atoms with Crippen LogP contribution in [0.5, 0.6) is 5.75 Å². The molecule has 0 saturated carbocycles. The summed E-state index contributed by atoms with van der Waals surface area (Å²) in [5.41, 5.74) is 2.69. The smallest absolute Gasteiger partial charge is 0.229 e. The van der Waals surface area contributed by atoms with Crippen LogP contribution in [0.15, 0.2) is 48.5 Å². The first-order valence-corrected chi connectivity index (χ1v) is 8.45. The fourth-order valence-electron chi connectivity index (χ4n) is 3.13. The molecular formula is C20H22N2O3. The summed E-state index contributed by atoms with van der Waals surface area (Å²) in [4.78, 5) is 26.7. The Morgan fingerprint density at radius 1 is 1.24 bits per heavy atom. The number of anilines is 2. The molecule has 5 nitrogen and oxygen atoms in total. The Hall–Kier alpha value is -2.82. The average Bonchev–Trinajstić information content (AvgIpc) is 3.03. The highest BCUT2D eigenvalue weighted by Gasteiger charge is 2.35. The molecule has 1 heterocycles. The van der Waals surface area contributed by atoms with Crippen LogP contribution in [-0.4, -0.2) is 25.5 Å². The van der Waals surface area contributed by atoms with Crippen molar-refractivity contribution in [2.75, 3.05) is 23.9 Å². The van der Waals surface area contributed by atoms with Gasteiger partial charge in [0.15, 0.2) is 0 Å². The zero-order chi connectivity index (χ0) is 17.8. The molecule has 0 spiro atoms. The van der Waals surface area contributed by atoms with Crippen LogP contribution in [0.25, 0.3) is 0 Å². The SMILES string of the molecule is CCc1ccccc1N1C[C@@H](C(=O)Nc2cccc(OC)c2)CC1=O. The summed E-state index contributed by atoms with van der Waals surface area (Å²) in [7, 11) is 1.58. The first kappa shape index (κ1) is 17.0. The number of carbonyl (C=O) groups excluding carboxylic acids is 2. The fraction of sp³-hybridized carbons (Fsp3) is 0.300. The second kappa shape index (κ2) is 7.38. The Bertz CT molecular complexity index is 788. The summed E-state index contributed by atoms with van der Waals surface area (Å²) in [5.74, 6) is 0.173. The number of nitrogens with zero attached hydrogens (tertiary/aromatic N) is 1. The molecule has 0 aromatic heterocycles. The fourth-order valence-corrected chi connectivity index (χ4v) is 3.13. The number of amides is 2. The summed E-state index contributed by atoms with van der Waals surface area (Å²) in [6, 6.07) is 15.1. The van der Waals surface area contributed by atoms with Gasteiger partial charge in [-0.15, -0.1) is 0 Å². The number of benzene rings is 2. The summed E-state index contributed by atoms with van der Waals surface area (Å²) >= 11 is 0. The maximum absolute atomic E-state index is 12.6. The van der Waals surface area contributed by atoms with E-state index in [0.29, 0.717) is 18.0 Å². The van der Waals surface area contributed by atoms with E-state index in [0.717, 1.165) is 17.7 Å². The predicted molar refractivity (Wildman–Crippen MR) is 97.9 cm³/mol. The number of aryl methyl sites for hydroxylation is 1. The van der Waals surface area contributed by atoms with Crippen LogP contribution in [0.2, 0.25) is 0 Å². The Morgan fingerprint density at radius 2 is 2.04 bits per heavy atom. The van der Waals surface area contributed by atoms with Gasteiger partial charge in [-0.25, -0.2) is 0 Å². The molecule has 1 atom stereocenters. The third-order valence-electron chi connectivity index (χ3n) is 4.50. The van der Waals surface area contributed by atoms with Crippen LogP contribution < -0.4 is 15.0 Å². The number of methoxy groups -OCH3 is 1. The van der Waals surface area contributed by atoms with E-state index in [2.05, 4.69) is 12.2 Å². The van der Waals surface area contributed by atoms with Gasteiger partial charge < -0.3 is 15.0 Å². The second-order valence-corrected chi connectivity index (χ2v) is 6.11. The third-order valence-corrected chi connectivity index (χ3v) is 4.50. The van der Waals surface area contributed by atoms with E-state index in [-0.39, 0.29) is 24.2 Å². The minimum atomic E-state index is -0.358. The number of nitrogens with one attached hydrogen (secondary N) is 1. The van der Waals surface area contributed by atoms with E-state index in [1.165, 1.54) is 0 Å². The summed E-state index contributed by atoms with van der Waals surface area (Å²) < 4.78 is 5.17. The highest BCUT2D eigenvalue weighted by atomic mass is 16.5. The number of ether oxygens (including phenoxy) is 1. The van der Waals surface area contributed by atoms with Gasteiger partial charge in [0.05, 0.1) is 13.0 Å². The Kier molecular flexibility index (Phi) is 5.03. The molecule has 1 fully saturated rings.